The fourth-order valence-corrected chi connectivity index (χ4v) is 2.72. The molecule has 0 saturated heterocycles. The molecule has 2 unspecified atom stereocenters. The van der Waals surface area contributed by atoms with E-state index in [9.17, 15) is 4.79 Å². The molecule has 0 bridgehead atoms. The van der Waals surface area contributed by atoms with Crippen molar-refractivity contribution in [3.05, 3.63) is 34.3 Å². The van der Waals surface area contributed by atoms with Crippen LogP contribution in [-0.2, 0) is 4.74 Å². The molecule has 23 heavy (non-hydrogen) atoms. The number of hydrogen-bond donors (Lipinski definition) is 2. The summed E-state index contributed by atoms with van der Waals surface area (Å²) in [5, 5.41) is 6.47. The Hall–Kier alpha value is -1.07. The molecule has 1 aromatic carbocycles. The van der Waals surface area contributed by atoms with Gasteiger partial charge in [-0.1, -0.05) is 41.9 Å². The molecule has 0 heterocycles. The van der Waals surface area contributed by atoms with E-state index in [1.165, 1.54) is 5.56 Å². The largest absolute Gasteiger partial charge is 0.444 e. The van der Waals surface area contributed by atoms with Gasteiger partial charge in [-0.3, -0.25) is 0 Å². The maximum Gasteiger partial charge on any atom is 0.407 e. The second-order valence-electron chi connectivity index (χ2n) is 6.67. The summed E-state index contributed by atoms with van der Waals surface area (Å²) in [6, 6.07) is 8.79. The van der Waals surface area contributed by atoms with Crippen LogP contribution in [-0.4, -0.2) is 24.3 Å². The Morgan fingerprint density at radius 1 is 1.26 bits per heavy atom. The third-order valence-electron chi connectivity index (χ3n) is 3.48. The molecule has 2 atom stereocenters. The van der Waals surface area contributed by atoms with Gasteiger partial charge in [0.05, 0.1) is 0 Å². The molecular weight excluding hydrogens is 356 g/mol. The summed E-state index contributed by atoms with van der Waals surface area (Å²) in [7, 11) is 0. The Balaban J connectivity index is 2.58. The lowest BCUT2D eigenvalue weighted by molar-refractivity contribution is 0.0521. The van der Waals surface area contributed by atoms with Crippen molar-refractivity contribution >= 4 is 22.0 Å². The molecule has 1 rings (SSSR count). The first-order valence-corrected chi connectivity index (χ1v) is 9.02. The summed E-state index contributed by atoms with van der Waals surface area (Å²) in [5.74, 6) is 0. The number of benzene rings is 1. The minimum Gasteiger partial charge on any atom is -0.444 e. The van der Waals surface area contributed by atoms with Gasteiger partial charge in [-0.2, -0.15) is 0 Å². The summed E-state index contributed by atoms with van der Waals surface area (Å²) in [6.07, 6.45) is 1.55. The molecule has 130 valence electrons. The summed E-state index contributed by atoms with van der Waals surface area (Å²) < 4.78 is 6.36. The molecule has 1 aromatic rings. The van der Waals surface area contributed by atoms with Gasteiger partial charge in [-0.05, 0) is 51.3 Å². The van der Waals surface area contributed by atoms with Crippen LogP contribution in [0.15, 0.2) is 28.7 Å². The van der Waals surface area contributed by atoms with Crippen LogP contribution >= 0.6 is 15.9 Å². The lowest BCUT2D eigenvalue weighted by Crippen LogP contribution is -2.43. The van der Waals surface area contributed by atoms with Crippen LogP contribution in [0.2, 0.25) is 0 Å². The van der Waals surface area contributed by atoms with Gasteiger partial charge in [0.2, 0.25) is 0 Å². The first-order chi connectivity index (χ1) is 10.7. The number of rotatable bonds is 7. The smallest absolute Gasteiger partial charge is 0.407 e. The van der Waals surface area contributed by atoms with E-state index in [1.807, 2.05) is 32.9 Å². The minimum atomic E-state index is -0.471. The fourth-order valence-electron chi connectivity index (χ4n) is 2.30. The highest BCUT2D eigenvalue weighted by Crippen LogP contribution is 2.21. The van der Waals surface area contributed by atoms with Crippen molar-refractivity contribution in [2.75, 3.05) is 6.54 Å². The Labute approximate surface area is 148 Å². The Bertz CT molecular complexity index is 500. The van der Waals surface area contributed by atoms with E-state index >= 15 is 0 Å². The molecule has 0 radical (unpaired) electrons. The van der Waals surface area contributed by atoms with E-state index < -0.39 is 5.60 Å². The number of ether oxygens (including phenoxy) is 1. The highest BCUT2D eigenvalue weighted by atomic mass is 79.9. The van der Waals surface area contributed by atoms with E-state index in [4.69, 9.17) is 4.74 Å². The number of carbonyl (C=O) groups excluding carboxylic acids is 1. The molecule has 1 amide bonds. The number of nitrogens with one attached hydrogen (secondary N) is 2. The number of carbonyl (C=O) groups is 1. The normalized spacial score (nSPS) is 14.2. The molecule has 0 aromatic heterocycles. The zero-order valence-corrected chi connectivity index (χ0v) is 16.4. The molecule has 0 aliphatic rings. The number of alkyl carbamates (subject to hydrolysis) is 1. The Morgan fingerprint density at radius 2 is 1.96 bits per heavy atom. The van der Waals surface area contributed by atoms with Crippen LogP contribution in [0.4, 0.5) is 4.79 Å². The molecule has 5 heteroatoms. The predicted molar refractivity (Wildman–Crippen MR) is 98.6 cm³/mol. The van der Waals surface area contributed by atoms with Gasteiger partial charge in [-0.25, -0.2) is 4.79 Å². The Kier molecular flexibility index (Phi) is 8.06. The molecule has 0 spiro atoms. The van der Waals surface area contributed by atoms with Gasteiger partial charge in [0.25, 0.3) is 0 Å². The second-order valence-corrected chi connectivity index (χ2v) is 7.59. The van der Waals surface area contributed by atoms with E-state index in [1.54, 1.807) is 0 Å². The standard InChI is InChI=1S/C18H29BrN2O2/c1-6-15(12-20-17(22)23-18(3,4)5)21-16(7-2)13-9-8-10-14(19)11-13/h8-11,15-16,21H,6-7,12H2,1-5H3,(H,20,22). The van der Waals surface area contributed by atoms with Gasteiger partial charge in [0.15, 0.2) is 0 Å². The number of hydrogen-bond acceptors (Lipinski definition) is 3. The van der Waals surface area contributed by atoms with Gasteiger partial charge in [-0.15, -0.1) is 0 Å². The zero-order valence-electron chi connectivity index (χ0n) is 14.8. The zero-order chi connectivity index (χ0) is 17.5. The van der Waals surface area contributed by atoms with Crippen molar-refractivity contribution in [1.29, 1.82) is 0 Å². The quantitative estimate of drug-likeness (QED) is 0.709. The van der Waals surface area contributed by atoms with Gasteiger partial charge in [0.1, 0.15) is 5.60 Å². The lowest BCUT2D eigenvalue weighted by atomic mass is 10.0. The van der Waals surface area contributed by atoms with E-state index in [-0.39, 0.29) is 18.2 Å². The van der Waals surface area contributed by atoms with Crippen LogP contribution in [0.25, 0.3) is 0 Å². The van der Waals surface area contributed by atoms with Gasteiger partial charge in [0, 0.05) is 23.1 Å². The lowest BCUT2D eigenvalue weighted by Gasteiger charge is -2.26. The third kappa shape index (κ3) is 7.84. The van der Waals surface area contributed by atoms with Crippen LogP contribution in [0.3, 0.4) is 0 Å². The maximum absolute atomic E-state index is 11.8. The third-order valence-corrected chi connectivity index (χ3v) is 3.97. The average molecular weight is 385 g/mol. The van der Waals surface area contributed by atoms with Crippen molar-refractivity contribution in [3.8, 4) is 0 Å². The van der Waals surface area contributed by atoms with Crippen molar-refractivity contribution in [2.24, 2.45) is 0 Å². The molecule has 0 aliphatic carbocycles. The number of amides is 1. The molecule has 0 fully saturated rings. The second kappa shape index (κ2) is 9.28. The monoisotopic (exact) mass is 384 g/mol. The van der Waals surface area contributed by atoms with Gasteiger partial charge < -0.3 is 15.4 Å². The molecule has 2 N–H and O–H groups in total. The molecular formula is C18H29BrN2O2. The van der Waals surface area contributed by atoms with Crippen LogP contribution < -0.4 is 10.6 Å². The summed E-state index contributed by atoms with van der Waals surface area (Å²) >= 11 is 3.52. The fraction of sp³-hybridized carbons (Fsp3) is 0.611. The average Bonchev–Trinajstić information content (AvgIpc) is 2.46. The topological polar surface area (TPSA) is 50.4 Å². The Morgan fingerprint density at radius 3 is 2.48 bits per heavy atom. The molecule has 0 saturated carbocycles. The van der Waals surface area contributed by atoms with Crippen molar-refractivity contribution in [2.45, 2.75) is 65.1 Å². The molecule has 0 aliphatic heterocycles. The summed E-state index contributed by atoms with van der Waals surface area (Å²) in [5.41, 5.74) is 0.777. The first kappa shape index (κ1) is 20.0. The minimum absolute atomic E-state index is 0.200. The first-order valence-electron chi connectivity index (χ1n) is 8.23. The predicted octanol–water partition coefficient (Wildman–Crippen LogP) is 4.79. The summed E-state index contributed by atoms with van der Waals surface area (Å²) in [6.45, 7) is 10.4. The highest BCUT2D eigenvalue weighted by Gasteiger charge is 2.19. The summed E-state index contributed by atoms with van der Waals surface area (Å²) in [4.78, 5) is 11.8. The van der Waals surface area contributed by atoms with Crippen LogP contribution in [0, 0.1) is 0 Å². The SMILES string of the molecule is CCC(CNC(=O)OC(C)(C)C)NC(CC)c1cccc(Br)c1. The van der Waals surface area contributed by atoms with Crippen LogP contribution in [0.1, 0.15) is 59.1 Å². The highest BCUT2D eigenvalue weighted by molar-refractivity contribution is 9.10. The maximum atomic E-state index is 11.8. The molecule has 4 nitrogen and oxygen atoms in total. The van der Waals surface area contributed by atoms with E-state index in [0.29, 0.717) is 6.54 Å². The number of halogens is 1. The van der Waals surface area contributed by atoms with Gasteiger partial charge >= 0.3 is 6.09 Å². The van der Waals surface area contributed by atoms with E-state index in [0.717, 1.165) is 17.3 Å². The van der Waals surface area contributed by atoms with Crippen molar-refractivity contribution in [3.63, 3.8) is 0 Å². The van der Waals surface area contributed by atoms with E-state index in [2.05, 4.69) is 52.5 Å². The van der Waals surface area contributed by atoms with Crippen LogP contribution in [0.5, 0.6) is 0 Å². The van der Waals surface area contributed by atoms with Crippen molar-refractivity contribution < 1.29 is 9.53 Å². The van der Waals surface area contributed by atoms with Crippen molar-refractivity contribution in [1.82, 2.24) is 10.6 Å².